The van der Waals surface area contributed by atoms with E-state index in [9.17, 15) is 9.90 Å². The van der Waals surface area contributed by atoms with Gasteiger partial charge < -0.3 is 5.11 Å². The molecule has 1 fully saturated rings. The lowest BCUT2D eigenvalue weighted by Crippen LogP contribution is -2.49. The van der Waals surface area contributed by atoms with E-state index in [0.29, 0.717) is 6.54 Å². The van der Waals surface area contributed by atoms with E-state index < -0.39 is 5.97 Å². The maximum Gasteiger partial charge on any atom is 0.305 e. The van der Waals surface area contributed by atoms with Gasteiger partial charge >= 0.3 is 5.97 Å². The van der Waals surface area contributed by atoms with Gasteiger partial charge in [-0.15, -0.1) is 0 Å². The zero-order chi connectivity index (χ0) is 15.5. The Kier molecular flexibility index (Phi) is 5.28. The van der Waals surface area contributed by atoms with Crippen LogP contribution in [0.5, 0.6) is 0 Å². The van der Waals surface area contributed by atoms with Crippen LogP contribution in [0.2, 0.25) is 5.02 Å². The molecule has 1 aliphatic rings. The molecule has 21 heavy (non-hydrogen) atoms. The number of carboxylic acids is 1. The summed E-state index contributed by atoms with van der Waals surface area (Å²) in [7, 11) is 2.03. The fraction of sp³-hybridized carbons (Fsp3) is 0.588. The number of aryl methyl sites for hydroxylation is 1. The lowest BCUT2D eigenvalue weighted by molar-refractivity contribution is -0.141. The minimum atomic E-state index is -0.709. The molecule has 0 radical (unpaired) electrons. The monoisotopic (exact) mass is 309 g/mol. The number of nitrogens with zero attached hydrogens (tertiary/aromatic N) is 1. The van der Waals surface area contributed by atoms with Crippen LogP contribution in [0, 0.1) is 6.92 Å². The Morgan fingerprint density at radius 1 is 1.33 bits per heavy atom. The molecule has 2 rings (SSSR count). The first kappa shape index (κ1) is 16.3. The van der Waals surface area contributed by atoms with Gasteiger partial charge in [-0.2, -0.15) is 0 Å². The summed E-state index contributed by atoms with van der Waals surface area (Å²) < 4.78 is 0. The Bertz CT molecular complexity index is 510. The molecule has 1 N–H and O–H groups in total. The third-order valence-corrected chi connectivity index (χ3v) is 5.04. The molecule has 0 unspecified atom stereocenters. The standard InChI is InChI=1S/C17H24ClNO2/c1-13-6-7-14(15(18)10-13)12-19(2)17(11-16(20)21)8-4-3-5-9-17/h6-7,10H,3-5,8-9,11-12H2,1-2H3,(H,20,21). The Balaban J connectivity index is 2.17. The number of carbonyl (C=O) groups is 1. The third-order valence-electron chi connectivity index (χ3n) is 4.69. The van der Waals surface area contributed by atoms with Crippen molar-refractivity contribution in [3.63, 3.8) is 0 Å². The molecule has 0 heterocycles. The van der Waals surface area contributed by atoms with Crippen molar-refractivity contribution in [3.05, 3.63) is 34.3 Å². The first-order valence-electron chi connectivity index (χ1n) is 7.61. The molecule has 0 aliphatic heterocycles. The molecule has 3 nitrogen and oxygen atoms in total. The minimum absolute atomic E-state index is 0.215. The van der Waals surface area contributed by atoms with Gasteiger partial charge in [0.25, 0.3) is 0 Å². The molecule has 0 spiro atoms. The van der Waals surface area contributed by atoms with Crippen LogP contribution in [-0.4, -0.2) is 28.6 Å². The molecule has 1 aromatic rings. The zero-order valence-corrected chi connectivity index (χ0v) is 13.6. The highest BCUT2D eigenvalue weighted by Gasteiger charge is 2.38. The van der Waals surface area contributed by atoms with Gasteiger partial charge in [0.15, 0.2) is 0 Å². The molecular weight excluding hydrogens is 286 g/mol. The average molecular weight is 310 g/mol. The summed E-state index contributed by atoms with van der Waals surface area (Å²) >= 11 is 6.32. The van der Waals surface area contributed by atoms with Crippen LogP contribution < -0.4 is 0 Å². The van der Waals surface area contributed by atoms with Gasteiger partial charge in [0.05, 0.1) is 6.42 Å². The van der Waals surface area contributed by atoms with Gasteiger partial charge in [0, 0.05) is 17.1 Å². The van der Waals surface area contributed by atoms with E-state index in [2.05, 4.69) is 11.0 Å². The first-order chi connectivity index (χ1) is 9.93. The topological polar surface area (TPSA) is 40.5 Å². The number of benzene rings is 1. The molecule has 0 saturated heterocycles. The maximum absolute atomic E-state index is 11.3. The number of halogens is 1. The molecule has 0 aromatic heterocycles. The average Bonchev–Trinajstić information content (AvgIpc) is 2.42. The summed E-state index contributed by atoms with van der Waals surface area (Å²) in [6.07, 6.45) is 5.56. The fourth-order valence-electron chi connectivity index (χ4n) is 3.39. The number of hydrogen-bond donors (Lipinski definition) is 1. The van der Waals surface area contributed by atoms with Gasteiger partial charge in [-0.25, -0.2) is 0 Å². The van der Waals surface area contributed by atoms with E-state index in [0.717, 1.165) is 41.8 Å². The van der Waals surface area contributed by atoms with Gasteiger partial charge in [-0.05, 0) is 44.0 Å². The molecular formula is C17H24ClNO2. The van der Waals surface area contributed by atoms with Crippen molar-refractivity contribution in [2.75, 3.05) is 7.05 Å². The number of rotatable bonds is 5. The van der Waals surface area contributed by atoms with Crippen LogP contribution in [0.15, 0.2) is 18.2 Å². The van der Waals surface area contributed by atoms with E-state index in [-0.39, 0.29) is 12.0 Å². The second-order valence-corrected chi connectivity index (χ2v) is 6.71. The highest BCUT2D eigenvalue weighted by molar-refractivity contribution is 6.31. The number of carboxylic acid groups (broad SMARTS) is 1. The minimum Gasteiger partial charge on any atom is -0.481 e. The first-order valence-corrected chi connectivity index (χ1v) is 7.99. The fourth-order valence-corrected chi connectivity index (χ4v) is 3.68. The predicted octanol–water partition coefficient (Wildman–Crippen LogP) is 4.26. The highest BCUT2D eigenvalue weighted by atomic mass is 35.5. The zero-order valence-electron chi connectivity index (χ0n) is 12.9. The number of hydrogen-bond acceptors (Lipinski definition) is 2. The summed E-state index contributed by atoms with van der Waals surface area (Å²) in [5.74, 6) is -0.709. The smallest absolute Gasteiger partial charge is 0.305 e. The highest BCUT2D eigenvalue weighted by Crippen LogP contribution is 2.37. The van der Waals surface area contributed by atoms with E-state index in [1.165, 1.54) is 6.42 Å². The van der Waals surface area contributed by atoms with Gasteiger partial charge in [-0.3, -0.25) is 9.69 Å². The van der Waals surface area contributed by atoms with Crippen LogP contribution in [0.4, 0.5) is 0 Å². The predicted molar refractivity (Wildman–Crippen MR) is 85.7 cm³/mol. The largest absolute Gasteiger partial charge is 0.481 e. The quantitative estimate of drug-likeness (QED) is 0.883. The molecule has 1 saturated carbocycles. The van der Waals surface area contributed by atoms with Crippen molar-refractivity contribution in [1.82, 2.24) is 4.90 Å². The Morgan fingerprint density at radius 2 is 2.00 bits per heavy atom. The van der Waals surface area contributed by atoms with Crippen LogP contribution in [0.1, 0.15) is 49.7 Å². The van der Waals surface area contributed by atoms with Crippen LogP contribution in [0.3, 0.4) is 0 Å². The van der Waals surface area contributed by atoms with Crippen LogP contribution in [-0.2, 0) is 11.3 Å². The van der Waals surface area contributed by atoms with Crippen LogP contribution in [0.25, 0.3) is 0 Å². The van der Waals surface area contributed by atoms with E-state index in [1.807, 2.05) is 26.1 Å². The summed E-state index contributed by atoms with van der Waals surface area (Å²) in [5.41, 5.74) is 1.99. The van der Waals surface area contributed by atoms with Crippen molar-refractivity contribution in [3.8, 4) is 0 Å². The molecule has 0 atom stereocenters. The molecule has 116 valence electrons. The van der Waals surface area contributed by atoms with Crippen molar-refractivity contribution in [2.45, 2.75) is 57.5 Å². The normalized spacial score (nSPS) is 17.9. The lowest BCUT2D eigenvalue weighted by atomic mass is 9.78. The number of aliphatic carboxylic acids is 1. The molecule has 1 aliphatic carbocycles. The third kappa shape index (κ3) is 3.98. The summed E-state index contributed by atoms with van der Waals surface area (Å²) in [5, 5.41) is 10.1. The summed E-state index contributed by atoms with van der Waals surface area (Å²) in [6.45, 7) is 2.72. The van der Waals surface area contributed by atoms with Gasteiger partial charge in [0.1, 0.15) is 0 Å². The Morgan fingerprint density at radius 3 is 2.57 bits per heavy atom. The van der Waals surface area contributed by atoms with Gasteiger partial charge in [0.2, 0.25) is 0 Å². The van der Waals surface area contributed by atoms with Crippen molar-refractivity contribution in [1.29, 1.82) is 0 Å². The summed E-state index contributed by atoms with van der Waals surface area (Å²) in [4.78, 5) is 13.5. The van der Waals surface area contributed by atoms with E-state index in [1.54, 1.807) is 0 Å². The molecule has 1 aromatic carbocycles. The molecule has 4 heteroatoms. The van der Waals surface area contributed by atoms with Crippen LogP contribution >= 0.6 is 11.6 Å². The Hall–Kier alpha value is -1.06. The van der Waals surface area contributed by atoms with E-state index in [4.69, 9.17) is 11.6 Å². The lowest BCUT2D eigenvalue weighted by Gasteiger charge is -2.44. The van der Waals surface area contributed by atoms with Crippen molar-refractivity contribution in [2.24, 2.45) is 0 Å². The van der Waals surface area contributed by atoms with E-state index >= 15 is 0 Å². The molecule has 0 amide bonds. The molecule has 0 bridgehead atoms. The SMILES string of the molecule is Cc1ccc(CN(C)C2(CC(=O)O)CCCCC2)c(Cl)c1. The van der Waals surface area contributed by atoms with Crippen molar-refractivity contribution >= 4 is 17.6 Å². The second-order valence-electron chi connectivity index (χ2n) is 6.31. The second kappa shape index (κ2) is 6.80. The van der Waals surface area contributed by atoms with Crippen molar-refractivity contribution < 1.29 is 9.90 Å². The van der Waals surface area contributed by atoms with Gasteiger partial charge in [-0.1, -0.05) is 43.0 Å². The summed E-state index contributed by atoms with van der Waals surface area (Å²) in [6, 6.07) is 6.07. The maximum atomic E-state index is 11.3. The Labute approximate surface area is 131 Å².